The summed E-state index contributed by atoms with van der Waals surface area (Å²) in [6, 6.07) is 3.46. The van der Waals surface area contributed by atoms with E-state index in [1.54, 1.807) is 0 Å². The molecule has 1 amide bonds. The fourth-order valence-corrected chi connectivity index (χ4v) is 1.72. The van der Waals surface area contributed by atoms with Gasteiger partial charge in [-0.2, -0.15) is 0 Å². The molecule has 0 aliphatic heterocycles. The fourth-order valence-electron chi connectivity index (χ4n) is 1.72. The van der Waals surface area contributed by atoms with Crippen molar-refractivity contribution in [2.45, 2.75) is 25.4 Å². The second-order valence-electron chi connectivity index (χ2n) is 4.28. The number of carbonyl (C=O) groups excluding carboxylic acids is 1. The van der Waals surface area contributed by atoms with Gasteiger partial charge in [-0.05, 0) is 31.5 Å². The van der Waals surface area contributed by atoms with E-state index in [0.29, 0.717) is 25.8 Å². The number of unbranched alkanes of at least 4 members (excludes halogenated alkanes) is 1. The zero-order valence-corrected chi connectivity index (χ0v) is 10.5. The van der Waals surface area contributed by atoms with Gasteiger partial charge in [0.05, 0.1) is 11.7 Å². The van der Waals surface area contributed by atoms with E-state index < -0.39 is 17.7 Å². The van der Waals surface area contributed by atoms with Crippen LogP contribution in [0, 0.1) is 11.6 Å². The summed E-state index contributed by atoms with van der Waals surface area (Å²) < 4.78 is 26.7. The van der Waals surface area contributed by atoms with E-state index in [2.05, 4.69) is 5.32 Å². The summed E-state index contributed by atoms with van der Waals surface area (Å²) in [5.74, 6) is -1.88. The van der Waals surface area contributed by atoms with Gasteiger partial charge >= 0.3 is 0 Å². The van der Waals surface area contributed by atoms with Gasteiger partial charge in [-0.25, -0.2) is 8.78 Å². The third-order valence-corrected chi connectivity index (χ3v) is 2.70. The number of aliphatic hydroxyl groups is 1. The smallest absolute Gasteiger partial charge is 0.217 e. The van der Waals surface area contributed by atoms with Gasteiger partial charge in [0.25, 0.3) is 0 Å². The van der Waals surface area contributed by atoms with E-state index >= 15 is 0 Å². The van der Waals surface area contributed by atoms with E-state index in [0.717, 1.165) is 12.1 Å². The van der Waals surface area contributed by atoms with Crippen molar-refractivity contribution in [2.24, 2.45) is 5.73 Å². The van der Waals surface area contributed by atoms with Crippen molar-refractivity contribution in [3.8, 4) is 0 Å². The van der Waals surface area contributed by atoms with Crippen LogP contribution < -0.4 is 11.1 Å². The molecule has 19 heavy (non-hydrogen) atoms. The molecule has 0 aromatic heterocycles. The van der Waals surface area contributed by atoms with Crippen molar-refractivity contribution >= 4 is 5.91 Å². The SMILES string of the molecule is NC(=O)CCCCNCC(O)c1c(F)cccc1F. The average molecular weight is 272 g/mol. The lowest BCUT2D eigenvalue weighted by molar-refractivity contribution is -0.118. The fraction of sp³-hybridized carbons (Fsp3) is 0.462. The molecule has 0 bridgehead atoms. The van der Waals surface area contributed by atoms with Crippen molar-refractivity contribution in [1.29, 1.82) is 0 Å². The summed E-state index contributed by atoms with van der Waals surface area (Å²) in [5.41, 5.74) is 4.66. The molecule has 1 rings (SSSR count). The van der Waals surface area contributed by atoms with Crippen LogP contribution in [0.1, 0.15) is 30.9 Å². The Kier molecular flexibility index (Phi) is 6.38. The van der Waals surface area contributed by atoms with Crippen LogP contribution in [0.15, 0.2) is 18.2 Å². The number of amides is 1. The zero-order valence-electron chi connectivity index (χ0n) is 10.5. The van der Waals surface area contributed by atoms with Crippen LogP contribution in [-0.2, 0) is 4.79 Å². The maximum Gasteiger partial charge on any atom is 0.217 e. The molecule has 106 valence electrons. The molecule has 1 aromatic rings. The lowest BCUT2D eigenvalue weighted by Gasteiger charge is -2.13. The Hall–Kier alpha value is -1.53. The summed E-state index contributed by atoms with van der Waals surface area (Å²) in [6.07, 6.45) is 0.422. The number of rotatable bonds is 8. The Morgan fingerprint density at radius 1 is 1.32 bits per heavy atom. The summed E-state index contributed by atoms with van der Waals surface area (Å²) in [5, 5.41) is 12.6. The molecule has 0 aliphatic rings. The summed E-state index contributed by atoms with van der Waals surface area (Å²) in [4.78, 5) is 10.5. The predicted molar refractivity (Wildman–Crippen MR) is 67.2 cm³/mol. The number of primary amides is 1. The molecule has 0 aliphatic carbocycles. The number of benzene rings is 1. The third kappa shape index (κ3) is 5.32. The molecular formula is C13H18F2N2O2. The Bertz CT molecular complexity index is 407. The Labute approximate surface area is 110 Å². The molecule has 1 atom stereocenters. The molecular weight excluding hydrogens is 254 g/mol. The third-order valence-electron chi connectivity index (χ3n) is 2.70. The van der Waals surface area contributed by atoms with E-state index in [1.165, 1.54) is 6.07 Å². The van der Waals surface area contributed by atoms with Crippen LogP contribution >= 0.6 is 0 Å². The number of halogens is 2. The molecule has 0 heterocycles. The van der Waals surface area contributed by atoms with Crippen molar-refractivity contribution in [1.82, 2.24) is 5.32 Å². The molecule has 4 nitrogen and oxygen atoms in total. The molecule has 0 radical (unpaired) electrons. The van der Waals surface area contributed by atoms with Crippen LogP contribution in [0.4, 0.5) is 8.78 Å². The first-order valence-corrected chi connectivity index (χ1v) is 6.13. The zero-order chi connectivity index (χ0) is 14.3. The van der Waals surface area contributed by atoms with Crippen molar-refractivity contribution in [3.63, 3.8) is 0 Å². The molecule has 0 saturated heterocycles. The maximum atomic E-state index is 13.3. The number of hydrogen-bond acceptors (Lipinski definition) is 3. The van der Waals surface area contributed by atoms with Crippen LogP contribution in [0.2, 0.25) is 0 Å². The number of hydrogen-bond donors (Lipinski definition) is 3. The minimum atomic E-state index is -1.24. The molecule has 0 spiro atoms. The monoisotopic (exact) mass is 272 g/mol. The van der Waals surface area contributed by atoms with Crippen LogP contribution in [-0.4, -0.2) is 24.1 Å². The molecule has 1 unspecified atom stereocenters. The molecule has 6 heteroatoms. The van der Waals surface area contributed by atoms with Gasteiger partial charge in [0.15, 0.2) is 0 Å². The van der Waals surface area contributed by atoms with E-state index in [4.69, 9.17) is 5.73 Å². The summed E-state index contributed by atoms with van der Waals surface area (Å²) >= 11 is 0. The van der Waals surface area contributed by atoms with Crippen molar-refractivity contribution in [3.05, 3.63) is 35.4 Å². The van der Waals surface area contributed by atoms with E-state index in [1.807, 2.05) is 0 Å². The van der Waals surface area contributed by atoms with Gasteiger partial charge in [-0.3, -0.25) is 4.79 Å². The van der Waals surface area contributed by atoms with Gasteiger partial charge in [0.1, 0.15) is 11.6 Å². The van der Waals surface area contributed by atoms with Crippen molar-refractivity contribution in [2.75, 3.05) is 13.1 Å². The summed E-state index contributed by atoms with van der Waals surface area (Å²) in [7, 11) is 0. The van der Waals surface area contributed by atoms with Crippen LogP contribution in [0.3, 0.4) is 0 Å². The molecule has 4 N–H and O–H groups in total. The number of nitrogens with one attached hydrogen (secondary N) is 1. The summed E-state index contributed by atoms with van der Waals surface area (Å²) in [6.45, 7) is 0.592. The number of aliphatic hydroxyl groups excluding tert-OH is 1. The Balaban J connectivity index is 2.31. The highest BCUT2D eigenvalue weighted by Crippen LogP contribution is 2.19. The van der Waals surface area contributed by atoms with Crippen LogP contribution in [0.25, 0.3) is 0 Å². The largest absolute Gasteiger partial charge is 0.387 e. The lowest BCUT2D eigenvalue weighted by Crippen LogP contribution is -2.24. The molecule has 0 saturated carbocycles. The molecule has 1 aromatic carbocycles. The number of nitrogens with two attached hydrogens (primary N) is 1. The standard InChI is InChI=1S/C13H18F2N2O2/c14-9-4-3-5-10(15)13(9)11(18)8-17-7-2-1-6-12(16)19/h3-5,11,17-18H,1-2,6-8H2,(H2,16,19). The Morgan fingerprint density at radius 2 is 1.95 bits per heavy atom. The first-order chi connectivity index (χ1) is 9.02. The highest BCUT2D eigenvalue weighted by atomic mass is 19.1. The average Bonchev–Trinajstić information content (AvgIpc) is 2.33. The first-order valence-electron chi connectivity index (χ1n) is 6.13. The van der Waals surface area contributed by atoms with E-state index in [-0.39, 0.29) is 18.0 Å². The van der Waals surface area contributed by atoms with E-state index in [9.17, 15) is 18.7 Å². The van der Waals surface area contributed by atoms with Gasteiger partial charge in [0.2, 0.25) is 5.91 Å². The number of carbonyl (C=O) groups is 1. The van der Waals surface area contributed by atoms with Gasteiger partial charge in [-0.1, -0.05) is 6.07 Å². The minimum absolute atomic E-state index is 0.0500. The topological polar surface area (TPSA) is 75.4 Å². The second-order valence-corrected chi connectivity index (χ2v) is 4.28. The van der Waals surface area contributed by atoms with Gasteiger partial charge in [-0.15, -0.1) is 0 Å². The van der Waals surface area contributed by atoms with Gasteiger partial charge in [0, 0.05) is 13.0 Å². The predicted octanol–water partition coefficient (Wildman–Crippen LogP) is 1.24. The molecule has 0 fully saturated rings. The Morgan fingerprint density at radius 3 is 2.53 bits per heavy atom. The normalized spacial score (nSPS) is 12.4. The van der Waals surface area contributed by atoms with Crippen molar-refractivity contribution < 1.29 is 18.7 Å². The second kappa shape index (κ2) is 7.81. The lowest BCUT2D eigenvalue weighted by atomic mass is 10.1. The maximum absolute atomic E-state index is 13.3. The highest BCUT2D eigenvalue weighted by Gasteiger charge is 2.16. The first kappa shape index (κ1) is 15.5. The van der Waals surface area contributed by atoms with Gasteiger partial charge < -0.3 is 16.2 Å². The minimum Gasteiger partial charge on any atom is -0.387 e. The quantitative estimate of drug-likeness (QED) is 0.623. The van der Waals surface area contributed by atoms with Crippen LogP contribution in [0.5, 0.6) is 0 Å². The highest BCUT2D eigenvalue weighted by molar-refractivity contribution is 5.73.